The van der Waals surface area contributed by atoms with Gasteiger partial charge in [0, 0.05) is 32.7 Å². The summed E-state index contributed by atoms with van der Waals surface area (Å²) in [7, 11) is 1.53. The van der Waals surface area contributed by atoms with Gasteiger partial charge in [0.25, 0.3) is 5.91 Å². The van der Waals surface area contributed by atoms with Crippen LogP contribution in [0.15, 0.2) is 24.3 Å². The van der Waals surface area contributed by atoms with Gasteiger partial charge in [0.05, 0.1) is 7.11 Å². The molecule has 0 spiro atoms. The summed E-state index contributed by atoms with van der Waals surface area (Å²) in [6.45, 7) is 2.57. The molecule has 1 aliphatic rings. The molecule has 0 bridgehead atoms. The average molecular weight is 412 g/mol. The lowest BCUT2D eigenvalue weighted by Crippen LogP contribution is -2.58. The summed E-state index contributed by atoms with van der Waals surface area (Å²) >= 11 is 0. The molecule has 1 aliphatic heterocycles. The fraction of sp³-hybridized carbons (Fsp3) is 0.588. The Kier molecular flexibility index (Phi) is 9.14. The number of hydrogen-bond acceptors (Lipinski definition) is 5. The van der Waals surface area contributed by atoms with Crippen molar-refractivity contribution in [2.24, 2.45) is 0 Å². The second-order valence-electron chi connectivity index (χ2n) is 6.02. The number of halogens is 4. The van der Waals surface area contributed by atoms with Gasteiger partial charge in [-0.15, -0.1) is 12.4 Å². The minimum atomic E-state index is -4.41. The number of piperazine rings is 1. The molecule has 1 heterocycles. The topological polar surface area (TPSA) is 62.8 Å². The van der Waals surface area contributed by atoms with Crippen molar-refractivity contribution in [3.63, 3.8) is 0 Å². The number of rotatable bonds is 7. The van der Waals surface area contributed by atoms with Gasteiger partial charge in [0.1, 0.15) is 17.5 Å². The molecule has 2 unspecified atom stereocenters. The summed E-state index contributed by atoms with van der Waals surface area (Å²) in [6.07, 6.45) is -5.33. The van der Waals surface area contributed by atoms with Gasteiger partial charge in [-0.3, -0.25) is 9.69 Å². The van der Waals surface area contributed by atoms with Crippen molar-refractivity contribution >= 4 is 18.3 Å². The van der Waals surface area contributed by atoms with E-state index in [4.69, 9.17) is 9.47 Å². The van der Waals surface area contributed by atoms with E-state index in [1.807, 2.05) is 0 Å². The van der Waals surface area contributed by atoms with Crippen molar-refractivity contribution in [1.29, 1.82) is 0 Å². The van der Waals surface area contributed by atoms with Gasteiger partial charge in [-0.1, -0.05) is 0 Å². The van der Waals surface area contributed by atoms with E-state index in [1.54, 1.807) is 24.3 Å². The van der Waals surface area contributed by atoms with Crippen LogP contribution in [0.25, 0.3) is 0 Å². The van der Waals surface area contributed by atoms with Crippen molar-refractivity contribution < 1.29 is 27.4 Å². The minimum absolute atomic E-state index is 0. The maximum atomic E-state index is 13.3. The van der Waals surface area contributed by atoms with Crippen LogP contribution in [0.3, 0.4) is 0 Å². The monoisotopic (exact) mass is 411 g/mol. The molecule has 1 aromatic rings. The van der Waals surface area contributed by atoms with E-state index < -0.39 is 30.8 Å². The summed E-state index contributed by atoms with van der Waals surface area (Å²) in [6, 6.07) is 4.89. The number of nitrogens with one attached hydrogen (secondary N) is 2. The molecule has 2 rings (SSSR count). The molecular formula is C17H25ClF3N3O3. The lowest BCUT2D eigenvalue weighted by atomic mass is 10.2. The number of benzene rings is 1. The number of nitrogens with zero attached hydrogens (tertiary/aromatic N) is 1. The second kappa shape index (κ2) is 10.6. The van der Waals surface area contributed by atoms with Crippen molar-refractivity contribution in [1.82, 2.24) is 15.5 Å². The third-order valence-electron chi connectivity index (χ3n) is 4.18. The molecule has 2 atom stereocenters. The van der Waals surface area contributed by atoms with E-state index in [0.29, 0.717) is 24.6 Å². The highest BCUT2D eigenvalue weighted by atomic mass is 35.5. The minimum Gasteiger partial charge on any atom is -0.497 e. The highest BCUT2D eigenvalue weighted by Crippen LogP contribution is 2.25. The van der Waals surface area contributed by atoms with Gasteiger partial charge < -0.3 is 20.1 Å². The van der Waals surface area contributed by atoms with Crippen LogP contribution >= 0.6 is 12.4 Å². The second-order valence-corrected chi connectivity index (χ2v) is 6.02. The van der Waals surface area contributed by atoms with Crippen LogP contribution in [0, 0.1) is 0 Å². The highest BCUT2D eigenvalue weighted by molar-refractivity contribution is 5.85. The Bertz CT molecular complexity index is 581. The number of methoxy groups -OCH3 is 1. The first-order chi connectivity index (χ1) is 12.3. The first-order valence-electron chi connectivity index (χ1n) is 8.41. The van der Waals surface area contributed by atoms with Crippen molar-refractivity contribution in [3.05, 3.63) is 24.3 Å². The van der Waals surface area contributed by atoms with E-state index in [1.165, 1.54) is 18.9 Å². The van der Waals surface area contributed by atoms with Crippen LogP contribution in [0.4, 0.5) is 13.2 Å². The molecular weight excluding hydrogens is 387 g/mol. The third kappa shape index (κ3) is 7.08. The Hall–Kier alpha value is -1.71. The average Bonchev–Trinajstić information content (AvgIpc) is 2.62. The Balaban J connectivity index is 0.00000364. The normalized spacial score (nSPS) is 17.4. The number of amides is 1. The fourth-order valence-corrected chi connectivity index (χ4v) is 2.70. The molecule has 6 nitrogen and oxygen atoms in total. The molecule has 10 heteroatoms. The number of carbonyl (C=O) groups is 1. The number of alkyl halides is 3. The van der Waals surface area contributed by atoms with Crippen LogP contribution in [0.5, 0.6) is 11.5 Å². The van der Waals surface area contributed by atoms with E-state index in [0.717, 1.165) is 0 Å². The SMILES string of the molecule is COc1ccc(OC(C)C(=O)NCC(N2CCNCC2)C(F)(F)F)cc1.Cl. The number of carbonyl (C=O) groups excluding carboxylic acids is 1. The van der Waals surface area contributed by atoms with Gasteiger partial charge in [0.15, 0.2) is 6.10 Å². The zero-order chi connectivity index (χ0) is 19.2. The fourth-order valence-electron chi connectivity index (χ4n) is 2.70. The van der Waals surface area contributed by atoms with E-state index in [9.17, 15) is 18.0 Å². The van der Waals surface area contributed by atoms with E-state index >= 15 is 0 Å². The maximum absolute atomic E-state index is 13.3. The molecule has 2 N–H and O–H groups in total. The Labute approximate surface area is 162 Å². The molecule has 0 saturated carbocycles. The predicted molar refractivity (Wildman–Crippen MR) is 97.6 cm³/mol. The summed E-state index contributed by atoms with van der Waals surface area (Å²) < 4.78 is 50.4. The molecule has 1 saturated heterocycles. The van der Waals surface area contributed by atoms with Gasteiger partial charge in [-0.2, -0.15) is 13.2 Å². The highest BCUT2D eigenvalue weighted by Gasteiger charge is 2.44. The third-order valence-corrected chi connectivity index (χ3v) is 4.18. The van der Waals surface area contributed by atoms with Crippen molar-refractivity contribution in [3.8, 4) is 11.5 Å². The van der Waals surface area contributed by atoms with Gasteiger partial charge in [0.2, 0.25) is 0 Å². The summed E-state index contributed by atoms with van der Waals surface area (Å²) in [5.41, 5.74) is 0. The Morgan fingerprint density at radius 2 is 1.78 bits per heavy atom. The Morgan fingerprint density at radius 3 is 2.30 bits per heavy atom. The quantitative estimate of drug-likeness (QED) is 0.717. The molecule has 0 aliphatic carbocycles. The molecule has 154 valence electrons. The molecule has 1 aromatic carbocycles. The largest absolute Gasteiger partial charge is 0.497 e. The molecule has 1 fully saturated rings. The van der Waals surface area contributed by atoms with E-state index in [2.05, 4.69) is 10.6 Å². The number of hydrogen-bond donors (Lipinski definition) is 2. The van der Waals surface area contributed by atoms with Crippen molar-refractivity contribution in [2.45, 2.75) is 25.2 Å². The zero-order valence-electron chi connectivity index (χ0n) is 15.2. The number of ether oxygens (including phenoxy) is 2. The van der Waals surface area contributed by atoms with Crippen LogP contribution in [0.2, 0.25) is 0 Å². The molecule has 0 radical (unpaired) electrons. The molecule has 1 amide bonds. The van der Waals surface area contributed by atoms with E-state index in [-0.39, 0.29) is 25.5 Å². The Morgan fingerprint density at radius 1 is 1.22 bits per heavy atom. The summed E-state index contributed by atoms with van der Waals surface area (Å²) in [5, 5.41) is 5.37. The lowest BCUT2D eigenvalue weighted by Gasteiger charge is -2.36. The summed E-state index contributed by atoms with van der Waals surface area (Å²) in [5.74, 6) is 0.478. The van der Waals surface area contributed by atoms with Crippen LogP contribution < -0.4 is 20.1 Å². The smallest absolute Gasteiger partial charge is 0.405 e. The predicted octanol–water partition coefficient (Wildman–Crippen LogP) is 1.84. The zero-order valence-corrected chi connectivity index (χ0v) is 16.0. The first-order valence-corrected chi connectivity index (χ1v) is 8.41. The summed E-state index contributed by atoms with van der Waals surface area (Å²) in [4.78, 5) is 13.5. The van der Waals surface area contributed by atoms with Gasteiger partial charge in [-0.25, -0.2) is 0 Å². The van der Waals surface area contributed by atoms with Gasteiger partial charge in [-0.05, 0) is 31.2 Å². The van der Waals surface area contributed by atoms with Crippen molar-refractivity contribution in [2.75, 3.05) is 39.8 Å². The van der Waals surface area contributed by atoms with Crippen LogP contribution in [-0.2, 0) is 4.79 Å². The van der Waals surface area contributed by atoms with Gasteiger partial charge >= 0.3 is 6.18 Å². The standard InChI is InChI=1S/C17H24F3N3O3.ClH/c1-12(26-14-5-3-13(25-2)4-6-14)16(24)22-11-15(17(18,19)20)23-9-7-21-8-10-23;/h3-6,12,15,21H,7-11H2,1-2H3,(H,22,24);1H. The first kappa shape index (κ1) is 23.3. The molecule has 27 heavy (non-hydrogen) atoms. The lowest BCUT2D eigenvalue weighted by molar-refractivity contribution is -0.184. The van der Waals surface area contributed by atoms with Crippen LogP contribution in [0.1, 0.15) is 6.92 Å². The maximum Gasteiger partial charge on any atom is 0.405 e. The van der Waals surface area contributed by atoms with Crippen LogP contribution in [-0.4, -0.2) is 69.0 Å². The molecule has 0 aromatic heterocycles.